The molecule has 3 rings (SSSR count). The second-order valence-electron chi connectivity index (χ2n) is 5.61. The molecule has 1 aliphatic carbocycles. The van der Waals surface area contributed by atoms with Crippen LogP contribution in [-0.2, 0) is 0 Å². The zero-order chi connectivity index (χ0) is 16.2. The van der Waals surface area contributed by atoms with Gasteiger partial charge in [-0.3, -0.25) is 5.43 Å². The van der Waals surface area contributed by atoms with Crippen LogP contribution in [0.3, 0.4) is 0 Å². The van der Waals surface area contributed by atoms with Crippen LogP contribution in [0, 0.1) is 5.92 Å². The summed E-state index contributed by atoms with van der Waals surface area (Å²) in [5, 5.41) is 7.54. The van der Waals surface area contributed by atoms with E-state index in [0.29, 0.717) is 11.0 Å². The van der Waals surface area contributed by atoms with Crippen molar-refractivity contribution < 1.29 is 9.15 Å². The van der Waals surface area contributed by atoms with Gasteiger partial charge in [-0.2, -0.15) is 5.10 Å². The smallest absolute Gasteiger partial charge is 0.191 e. The van der Waals surface area contributed by atoms with Gasteiger partial charge in [-0.1, -0.05) is 6.92 Å². The Hall–Kier alpha value is -2.34. The topological polar surface area (TPSA) is 58.8 Å². The van der Waals surface area contributed by atoms with Gasteiger partial charge in [-0.25, -0.2) is 0 Å². The van der Waals surface area contributed by atoms with Gasteiger partial charge < -0.3 is 14.5 Å². The quantitative estimate of drug-likeness (QED) is 0.497. The minimum atomic E-state index is 0.411. The van der Waals surface area contributed by atoms with Gasteiger partial charge in [0.15, 0.2) is 5.11 Å². The molecule has 0 spiro atoms. The molecule has 1 aliphatic rings. The van der Waals surface area contributed by atoms with Crippen LogP contribution >= 0.6 is 12.2 Å². The number of rotatable bonds is 5. The van der Waals surface area contributed by atoms with Crippen LogP contribution in [0.5, 0.6) is 5.75 Å². The Morgan fingerprint density at radius 2 is 2.04 bits per heavy atom. The normalized spacial score (nSPS) is 19.6. The predicted molar refractivity (Wildman–Crippen MR) is 95.2 cm³/mol. The number of thiocarbonyl (C=S) groups is 1. The third-order valence-electron chi connectivity index (χ3n) is 3.83. The highest BCUT2D eigenvalue weighted by atomic mass is 32.1. The number of nitrogens with zero attached hydrogens (tertiary/aromatic N) is 1. The maximum absolute atomic E-state index is 5.74. The standard InChI is InChI=1S/C17H19N3O2S/c1-11-9-15(11)16-8-7-14(22-16)10-18-20-17(23)19-12-3-5-13(21-2)6-4-12/h3-8,10-11,15H,9H2,1-2H3,(H2,19,20,23)/b18-10-/t11-,15+/m1/s1. The average molecular weight is 329 g/mol. The van der Waals surface area contributed by atoms with Crippen LogP contribution in [0.2, 0.25) is 0 Å². The van der Waals surface area contributed by atoms with Gasteiger partial charge in [0.05, 0.1) is 13.3 Å². The lowest BCUT2D eigenvalue weighted by Gasteiger charge is -2.07. The highest BCUT2D eigenvalue weighted by Gasteiger charge is 2.36. The van der Waals surface area contributed by atoms with E-state index in [1.54, 1.807) is 13.3 Å². The molecule has 0 radical (unpaired) electrons. The molecule has 1 aromatic heterocycles. The first-order chi connectivity index (χ1) is 11.2. The second-order valence-corrected chi connectivity index (χ2v) is 6.02. The van der Waals surface area contributed by atoms with Gasteiger partial charge in [0.2, 0.25) is 0 Å². The van der Waals surface area contributed by atoms with Crippen molar-refractivity contribution in [2.75, 3.05) is 12.4 Å². The number of hydrazone groups is 1. The summed E-state index contributed by atoms with van der Waals surface area (Å²) in [5.74, 6) is 3.86. The van der Waals surface area contributed by atoms with E-state index in [1.807, 2.05) is 36.4 Å². The van der Waals surface area contributed by atoms with E-state index in [1.165, 1.54) is 6.42 Å². The van der Waals surface area contributed by atoms with E-state index >= 15 is 0 Å². The third kappa shape index (κ3) is 4.10. The first-order valence-corrected chi connectivity index (χ1v) is 7.90. The van der Waals surface area contributed by atoms with Crippen LogP contribution in [0.25, 0.3) is 0 Å². The molecule has 5 nitrogen and oxygen atoms in total. The molecule has 0 bridgehead atoms. The molecule has 2 aromatic rings. The molecule has 23 heavy (non-hydrogen) atoms. The van der Waals surface area contributed by atoms with Gasteiger partial charge in [0.25, 0.3) is 0 Å². The van der Waals surface area contributed by atoms with Crippen molar-refractivity contribution in [3.05, 3.63) is 47.9 Å². The molecule has 0 saturated heterocycles. The van der Waals surface area contributed by atoms with Crippen molar-refractivity contribution in [3.8, 4) is 5.75 Å². The first kappa shape index (κ1) is 15.6. The Bertz CT molecular complexity index is 709. The fourth-order valence-electron chi connectivity index (χ4n) is 2.34. The molecule has 2 N–H and O–H groups in total. The monoisotopic (exact) mass is 329 g/mol. The van der Waals surface area contributed by atoms with E-state index in [-0.39, 0.29) is 0 Å². The lowest BCUT2D eigenvalue weighted by atomic mass is 10.3. The zero-order valence-corrected chi connectivity index (χ0v) is 13.9. The van der Waals surface area contributed by atoms with E-state index in [2.05, 4.69) is 22.8 Å². The summed E-state index contributed by atoms with van der Waals surface area (Å²) in [5.41, 5.74) is 3.63. The molecule has 6 heteroatoms. The number of anilines is 1. The molecule has 2 atom stereocenters. The fourth-order valence-corrected chi connectivity index (χ4v) is 2.51. The summed E-state index contributed by atoms with van der Waals surface area (Å²) in [7, 11) is 1.63. The van der Waals surface area contributed by atoms with Crippen LogP contribution in [0.1, 0.15) is 30.8 Å². The molecule has 1 aromatic carbocycles. The fraction of sp³-hybridized carbons (Fsp3) is 0.294. The van der Waals surface area contributed by atoms with E-state index in [4.69, 9.17) is 21.4 Å². The molecular weight excluding hydrogens is 310 g/mol. The summed E-state index contributed by atoms with van der Waals surface area (Å²) in [6, 6.07) is 11.4. The Morgan fingerprint density at radius 1 is 1.30 bits per heavy atom. The highest BCUT2D eigenvalue weighted by Crippen LogP contribution is 2.47. The number of hydrogen-bond donors (Lipinski definition) is 2. The minimum Gasteiger partial charge on any atom is -0.497 e. The summed E-state index contributed by atoms with van der Waals surface area (Å²) in [4.78, 5) is 0. The maximum Gasteiger partial charge on any atom is 0.191 e. The molecule has 1 heterocycles. The molecule has 1 fully saturated rings. The lowest BCUT2D eigenvalue weighted by molar-refractivity contribution is 0.415. The number of benzene rings is 1. The van der Waals surface area contributed by atoms with Crippen molar-refractivity contribution >= 4 is 29.2 Å². The predicted octanol–water partition coefficient (Wildman–Crippen LogP) is 3.73. The summed E-state index contributed by atoms with van der Waals surface area (Å²) < 4.78 is 10.8. The molecule has 120 valence electrons. The van der Waals surface area contributed by atoms with E-state index in [0.717, 1.165) is 28.9 Å². The van der Waals surface area contributed by atoms with Crippen molar-refractivity contribution in [1.29, 1.82) is 0 Å². The zero-order valence-electron chi connectivity index (χ0n) is 13.1. The van der Waals surface area contributed by atoms with E-state index in [9.17, 15) is 0 Å². The van der Waals surface area contributed by atoms with Crippen LogP contribution in [0.4, 0.5) is 5.69 Å². The van der Waals surface area contributed by atoms with Crippen molar-refractivity contribution in [2.24, 2.45) is 11.0 Å². The number of ether oxygens (including phenoxy) is 1. The summed E-state index contributed by atoms with van der Waals surface area (Å²) in [6.07, 6.45) is 2.83. The molecule has 0 amide bonds. The number of hydrogen-bond acceptors (Lipinski definition) is 4. The van der Waals surface area contributed by atoms with Crippen LogP contribution in [-0.4, -0.2) is 18.4 Å². The van der Waals surface area contributed by atoms with Gasteiger partial charge in [0, 0.05) is 11.6 Å². The maximum atomic E-state index is 5.74. The minimum absolute atomic E-state index is 0.411. The highest BCUT2D eigenvalue weighted by molar-refractivity contribution is 7.80. The van der Waals surface area contributed by atoms with Gasteiger partial charge in [0.1, 0.15) is 17.3 Å². The molecule has 0 unspecified atom stereocenters. The van der Waals surface area contributed by atoms with Crippen LogP contribution < -0.4 is 15.5 Å². The van der Waals surface area contributed by atoms with Gasteiger partial charge in [-0.15, -0.1) is 0 Å². The Balaban J connectivity index is 1.48. The van der Waals surface area contributed by atoms with Gasteiger partial charge >= 0.3 is 0 Å². The second kappa shape index (κ2) is 6.83. The Kier molecular flexibility index (Phi) is 4.62. The molecular formula is C17H19N3O2S. The molecule has 0 aliphatic heterocycles. The Labute approximate surface area is 140 Å². The largest absolute Gasteiger partial charge is 0.497 e. The third-order valence-corrected chi connectivity index (χ3v) is 4.02. The molecule has 1 saturated carbocycles. The van der Waals surface area contributed by atoms with Gasteiger partial charge in [-0.05, 0) is 61.0 Å². The summed E-state index contributed by atoms with van der Waals surface area (Å²) >= 11 is 5.19. The number of nitrogens with one attached hydrogen (secondary N) is 2. The Morgan fingerprint density at radius 3 is 2.70 bits per heavy atom. The average Bonchev–Trinajstić information content (AvgIpc) is 3.09. The first-order valence-electron chi connectivity index (χ1n) is 7.49. The lowest BCUT2D eigenvalue weighted by Crippen LogP contribution is -2.23. The number of furan rings is 1. The van der Waals surface area contributed by atoms with Crippen molar-refractivity contribution in [2.45, 2.75) is 19.3 Å². The van der Waals surface area contributed by atoms with Crippen LogP contribution in [0.15, 0.2) is 45.9 Å². The van der Waals surface area contributed by atoms with Crippen molar-refractivity contribution in [3.63, 3.8) is 0 Å². The van der Waals surface area contributed by atoms with E-state index < -0.39 is 0 Å². The van der Waals surface area contributed by atoms with Crippen molar-refractivity contribution in [1.82, 2.24) is 5.43 Å². The SMILES string of the molecule is COc1ccc(NC(=S)N/N=C\c2ccc([C@H]3C[C@H]3C)o2)cc1. The summed E-state index contributed by atoms with van der Waals surface area (Å²) in [6.45, 7) is 2.23. The number of methoxy groups -OCH3 is 1.